The lowest BCUT2D eigenvalue weighted by Crippen LogP contribution is -2.39. The first kappa shape index (κ1) is 28.5. The highest BCUT2D eigenvalue weighted by molar-refractivity contribution is 7.89. The molecule has 3 rings (SSSR count). The molecule has 3 aromatic rings. The van der Waals surface area contributed by atoms with E-state index in [-0.39, 0.29) is 16.5 Å². The third kappa shape index (κ3) is 7.36. The molecule has 2 heterocycles. The highest BCUT2D eigenvalue weighted by Gasteiger charge is 2.29. The Bertz CT molecular complexity index is 1350. The van der Waals surface area contributed by atoms with Crippen molar-refractivity contribution in [2.24, 2.45) is 5.14 Å². The molecule has 0 aliphatic carbocycles. The number of benzene rings is 1. The second-order valence-electron chi connectivity index (χ2n) is 6.84. The molecule has 2 unspecified atom stereocenters. The molecule has 8 N–H and O–H groups in total. The number of anilines is 3. The average Bonchev–Trinajstić information content (AvgIpc) is 3.19. The van der Waals surface area contributed by atoms with Gasteiger partial charge < -0.3 is 31.1 Å². The minimum atomic E-state index is -3.84. The molecular formula is C19H21FN6O8S2. The van der Waals surface area contributed by atoms with Gasteiger partial charge in [0.25, 0.3) is 0 Å². The number of hydrogen-bond donors (Lipinski definition) is 7. The van der Waals surface area contributed by atoms with E-state index in [1.54, 1.807) is 20.0 Å². The minimum Gasteiger partial charge on any atom is -0.479 e. The summed E-state index contributed by atoms with van der Waals surface area (Å²) in [6.07, 6.45) is -3.48. The molecular weight excluding hydrogens is 523 g/mol. The summed E-state index contributed by atoms with van der Waals surface area (Å²) < 4.78 is 37.1. The van der Waals surface area contributed by atoms with E-state index in [4.69, 9.17) is 25.6 Å². The van der Waals surface area contributed by atoms with Gasteiger partial charge in [0, 0.05) is 12.7 Å². The topological polar surface area (TPSA) is 238 Å². The van der Waals surface area contributed by atoms with Crippen molar-refractivity contribution >= 4 is 50.1 Å². The number of primary sulfonamides is 1. The van der Waals surface area contributed by atoms with E-state index in [1.165, 1.54) is 29.5 Å². The molecule has 0 saturated heterocycles. The fraction of sp³-hybridized carbons (Fsp3) is 0.211. The quantitative estimate of drug-likeness (QED) is 0.203. The molecule has 0 saturated carbocycles. The van der Waals surface area contributed by atoms with Crippen molar-refractivity contribution in [3.63, 3.8) is 0 Å². The monoisotopic (exact) mass is 544 g/mol. The number of halogens is 1. The fourth-order valence-corrected chi connectivity index (χ4v) is 3.93. The minimum absolute atomic E-state index is 0.0539. The lowest BCUT2D eigenvalue weighted by Gasteiger charge is -2.08. The molecule has 14 nitrogen and oxygen atoms in total. The average molecular weight is 545 g/mol. The number of aliphatic hydroxyl groups is 2. The van der Waals surface area contributed by atoms with Crippen molar-refractivity contribution in [3.8, 4) is 10.6 Å². The van der Waals surface area contributed by atoms with E-state index in [0.29, 0.717) is 21.4 Å². The van der Waals surface area contributed by atoms with Crippen molar-refractivity contribution in [2.45, 2.75) is 24.0 Å². The van der Waals surface area contributed by atoms with Crippen LogP contribution in [-0.4, -0.2) is 75.0 Å². The number of rotatable bonds is 8. The SMILES string of the molecule is CNc1nc(C)c(-c2nc(Nc3cccc(S(N)(=O)=O)c3)ncc2F)s1.O=C(O)C(O)C(O)C(=O)O. The van der Waals surface area contributed by atoms with Gasteiger partial charge in [-0.25, -0.2) is 42.5 Å². The van der Waals surface area contributed by atoms with Crippen LogP contribution in [0.1, 0.15) is 5.69 Å². The standard InChI is InChI=1S/C15H15FN6O2S2.C4H6O6/c1-8-13(25-15(18-2)20-8)12-11(16)7-19-14(22-12)21-9-4-3-5-10(6-9)26(17,23)24;5-1(3(7)8)2(6)4(9)10/h3-7H,1-2H3,(H,18,20)(H2,17,23,24)(H,19,21,22);1-2,5-6H,(H,7,8)(H,9,10). The zero-order valence-corrected chi connectivity index (χ0v) is 20.2. The Labute approximate surface area is 207 Å². The molecule has 17 heteroatoms. The summed E-state index contributed by atoms with van der Waals surface area (Å²) in [4.78, 5) is 32.4. The van der Waals surface area contributed by atoms with Crippen LogP contribution in [-0.2, 0) is 19.6 Å². The third-order valence-electron chi connectivity index (χ3n) is 4.19. The summed E-state index contributed by atoms with van der Waals surface area (Å²) in [6, 6.07) is 5.87. The van der Waals surface area contributed by atoms with Crippen LogP contribution < -0.4 is 15.8 Å². The van der Waals surface area contributed by atoms with Gasteiger partial charge in [-0.15, -0.1) is 0 Å². The fourth-order valence-electron chi connectivity index (χ4n) is 2.46. The number of aliphatic hydroxyl groups excluding tert-OH is 2. The van der Waals surface area contributed by atoms with E-state index < -0.39 is 40.0 Å². The van der Waals surface area contributed by atoms with E-state index in [0.717, 1.165) is 6.20 Å². The number of aliphatic carboxylic acids is 2. The maximum Gasteiger partial charge on any atom is 0.335 e. The number of aromatic nitrogens is 3. The predicted molar refractivity (Wildman–Crippen MR) is 126 cm³/mol. The number of nitrogens with zero attached hydrogens (tertiary/aromatic N) is 3. The molecule has 0 aliphatic heterocycles. The van der Waals surface area contributed by atoms with Crippen LogP contribution in [0, 0.1) is 12.7 Å². The van der Waals surface area contributed by atoms with E-state index in [9.17, 15) is 22.4 Å². The number of carbonyl (C=O) groups is 2. The zero-order valence-electron chi connectivity index (χ0n) is 18.6. The van der Waals surface area contributed by atoms with E-state index in [2.05, 4.69) is 25.6 Å². The molecule has 0 spiro atoms. The van der Waals surface area contributed by atoms with Gasteiger partial charge in [0.05, 0.1) is 21.7 Å². The summed E-state index contributed by atoms with van der Waals surface area (Å²) in [7, 11) is -2.11. The second-order valence-corrected chi connectivity index (χ2v) is 9.40. The Morgan fingerprint density at radius 2 is 1.75 bits per heavy atom. The number of hydrogen-bond acceptors (Lipinski definition) is 12. The maximum atomic E-state index is 14.2. The highest BCUT2D eigenvalue weighted by atomic mass is 32.2. The number of nitrogens with one attached hydrogen (secondary N) is 2. The van der Waals surface area contributed by atoms with Gasteiger partial charge in [-0.3, -0.25) is 0 Å². The second kappa shape index (κ2) is 11.8. The molecule has 36 heavy (non-hydrogen) atoms. The summed E-state index contributed by atoms with van der Waals surface area (Å²) in [5, 5.41) is 44.1. The Balaban J connectivity index is 0.000000388. The van der Waals surface area contributed by atoms with Gasteiger partial charge in [0.15, 0.2) is 23.2 Å². The van der Waals surface area contributed by atoms with Crippen LogP contribution in [0.3, 0.4) is 0 Å². The number of nitrogens with two attached hydrogens (primary N) is 1. The van der Waals surface area contributed by atoms with Gasteiger partial charge in [0.2, 0.25) is 16.0 Å². The first-order valence-electron chi connectivity index (χ1n) is 9.64. The largest absolute Gasteiger partial charge is 0.479 e. The molecule has 1 aromatic carbocycles. The van der Waals surface area contributed by atoms with Gasteiger partial charge in [-0.1, -0.05) is 17.4 Å². The molecule has 2 atom stereocenters. The number of carboxylic acids is 2. The van der Waals surface area contributed by atoms with Crippen LogP contribution in [0.25, 0.3) is 10.6 Å². The molecule has 194 valence electrons. The summed E-state index contributed by atoms with van der Waals surface area (Å²) in [5.41, 5.74) is 1.16. The van der Waals surface area contributed by atoms with Gasteiger partial charge in [-0.2, -0.15) is 0 Å². The van der Waals surface area contributed by atoms with Crippen molar-refractivity contribution in [1.82, 2.24) is 15.0 Å². The molecule has 0 amide bonds. The predicted octanol–water partition coefficient (Wildman–Crippen LogP) is 0.358. The van der Waals surface area contributed by atoms with Gasteiger partial charge in [0.1, 0.15) is 5.69 Å². The van der Waals surface area contributed by atoms with Crippen LogP contribution in [0.4, 0.5) is 21.2 Å². The number of aryl methyl sites for hydroxylation is 1. The molecule has 0 radical (unpaired) electrons. The van der Waals surface area contributed by atoms with Gasteiger partial charge in [-0.05, 0) is 25.1 Å². The smallest absolute Gasteiger partial charge is 0.335 e. The van der Waals surface area contributed by atoms with Crippen molar-refractivity contribution in [1.29, 1.82) is 0 Å². The van der Waals surface area contributed by atoms with Crippen LogP contribution in [0.2, 0.25) is 0 Å². The lowest BCUT2D eigenvalue weighted by atomic mass is 10.2. The molecule has 0 bridgehead atoms. The Morgan fingerprint density at radius 1 is 1.14 bits per heavy atom. The van der Waals surface area contributed by atoms with E-state index >= 15 is 0 Å². The van der Waals surface area contributed by atoms with Crippen LogP contribution in [0.5, 0.6) is 0 Å². The van der Waals surface area contributed by atoms with Crippen LogP contribution in [0.15, 0.2) is 35.4 Å². The zero-order chi connectivity index (χ0) is 27.2. The van der Waals surface area contributed by atoms with Gasteiger partial charge >= 0.3 is 11.9 Å². The molecule has 0 fully saturated rings. The summed E-state index contributed by atoms with van der Waals surface area (Å²) in [5.74, 6) is -4.00. The first-order chi connectivity index (χ1) is 16.7. The molecule has 2 aromatic heterocycles. The van der Waals surface area contributed by atoms with Crippen molar-refractivity contribution in [2.75, 3.05) is 17.7 Å². The van der Waals surface area contributed by atoms with Crippen molar-refractivity contribution < 1.29 is 42.8 Å². The number of carboxylic acid groups (broad SMARTS) is 2. The highest BCUT2D eigenvalue weighted by Crippen LogP contribution is 2.33. The molecule has 0 aliphatic rings. The Hall–Kier alpha value is -3.77. The summed E-state index contributed by atoms with van der Waals surface area (Å²) in [6.45, 7) is 1.76. The maximum absolute atomic E-state index is 14.2. The first-order valence-corrected chi connectivity index (χ1v) is 12.0. The number of thiazole rings is 1. The third-order valence-corrected chi connectivity index (χ3v) is 6.29. The lowest BCUT2D eigenvalue weighted by molar-refractivity contribution is -0.165. The van der Waals surface area contributed by atoms with Crippen molar-refractivity contribution in [3.05, 3.63) is 42.0 Å². The Kier molecular flexibility index (Phi) is 9.31. The van der Waals surface area contributed by atoms with E-state index in [1.807, 2.05) is 0 Å². The summed E-state index contributed by atoms with van der Waals surface area (Å²) >= 11 is 1.27. The Morgan fingerprint density at radius 3 is 2.25 bits per heavy atom. The number of sulfonamides is 1. The van der Waals surface area contributed by atoms with Crippen LogP contribution >= 0.6 is 11.3 Å². The normalized spacial score (nSPS) is 12.6.